The van der Waals surface area contributed by atoms with Gasteiger partial charge in [0.2, 0.25) is 5.91 Å². The van der Waals surface area contributed by atoms with Gasteiger partial charge in [0.1, 0.15) is 17.4 Å². The largest absolute Gasteiger partial charge is 0.495 e. The van der Waals surface area contributed by atoms with Crippen molar-refractivity contribution in [3.8, 4) is 11.4 Å². The van der Waals surface area contributed by atoms with Crippen LogP contribution in [0.1, 0.15) is 42.6 Å². The summed E-state index contributed by atoms with van der Waals surface area (Å²) in [5.41, 5.74) is 3.39. The lowest BCUT2D eigenvalue weighted by atomic mass is 9.97. The van der Waals surface area contributed by atoms with Gasteiger partial charge in [-0.2, -0.15) is 0 Å². The van der Waals surface area contributed by atoms with Gasteiger partial charge in [-0.25, -0.2) is 13.8 Å². The second kappa shape index (κ2) is 8.94. The molecular weight excluding hydrogens is 412 g/mol. The zero-order chi connectivity index (χ0) is 22.8. The van der Waals surface area contributed by atoms with Crippen LogP contribution in [0.2, 0.25) is 0 Å². The summed E-state index contributed by atoms with van der Waals surface area (Å²) in [5, 5.41) is 0. The van der Waals surface area contributed by atoms with Gasteiger partial charge in [-0.1, -0.05) is 6.07 Å². The number of aryl methyl sites for hydroxylation is 1. The van der Waals surface area contributed by atoms with Gasteiger partial charge in [0, 0.05) is 23.9 Å². The highest BCUT2D eigenvalue weighted by Gasteiger charge is 2.29. The van der Waals surface area contributed by atoms with Crippen molar-refractivity contribution in [3.05, 3.63) is 83.0 Å². The quantitative estimate of drug-likeness (QED) is 0.513. The number of likely N-dealkylation sites (tertiary alicyclic amines) is 1. The molecule has 7 heteroatoms. The molecule has 0 unspecified atom stereocenters. The molecule has 1 saturated heterocycles. The van der Waals surface area contributed by atoms with Crippen molar-refractivity contribution in [1.29, 1.82) is 0 Å². The minimum Gasteiger partial charge on any atom is -0.495 e. The fraction of sp³-hybridized carbons (Fsp3) is 0.280. The van der Waals surface area contributed by atoms with Gasteiger partial charge in [0.05, 0.1) is 30.9 Å². The van der Waals surface area contributed by atoms with E-state index in [4.69, 9.17) is 4.74 Å². The standard InChI is InChI=1S/C25H25F2N3O2/c1-16-14-29(15-28-16)23-9-6-18(12-24(23)32-3)11-19-5-4-10-30(25(19)31)17(2)21-13-20(26)7-8-22(21)27/h6-9,11-15,17H,4-5,10H2,1-3H3/b19-11+/t17-/m0/s1. The number of methoxy groups -OCH3 is 1. The number of hydrogen-bond acceptors (Lipinski definition) is 3. The number of hydrogen-bond donors (Lipinski definition) is 0. The zero-order valence-corrected chi connectivity index (χ0v) is 18.3. The van der Waals surface area contributed by atoms with Crippen LogP contribution in [0.15, 0.2) is 54.5 Å². The van der Waals surface area contributed by atoms with Crippen LogP contribution >= 0.6 is 0 Å². The van der Waals surface area contributed by atoms with E-state index < -0.39 is 17.7 Å². The Kier molecular flexibility index (Phi) is 6.08. The number of carbonyl (C=O) groups is 1. The van der Waals surface area contributed by atoms with Crippen molar-refractivity contribution in [2.75, 3.05) is 13.7 Å². The van der Waals surface area contributed by atoms with Crippen molar-refractivity contribution < 1.29 is 18.3 Å². The summed E-state index contributed by atoms with van der Waals surface area (Å²) in [6.07, 6.45) is 6.85. The highest BCUT2D eigenvalue weighted by atomic mass is 19.1. The lowest BCUT2D eigenvalue weighted by Gasteiger charge is -2.34. The first-order chi connectivity index (χ1) is 15.4. The van der Waals surface area contributed by atoms with E-state index in [9.17, 15) is 13.6 Å². The van der Waals surface area contributed by atoms with E-state index in [1.54, 1.807) is 25.3 Å². The van der Waals surface area contributed by atoms with Crippen LogP contribution in [0.4, 0.5) is 8.78 Å². The summed E-state index contributed by atoms with van der Waals surface area (Å²) in [6.45, 7) is 4.14. The number of imidazole rings is 1. The number of carbonyl (C=O) groups excluding carboxylic acids is 1. The van der Waals surface area contributed by atoms with Crippen molar-refractivity contribution in [2.45, 2.75) is 32.7 Å². The number of nitrogens with zero attached hydrogens (tertiary/aromatic N) is 3. The van der Waals surface area contributed by atoms with Crippen LogP contribution in [0, 0.1) is 18.6 Å². The van der Waals surface area contributed by atoms with Gasteiger partial charge in [-0.15, -0.1) is 0 Å². The minimum absolute atomic E-state index is 0.166. The number of amides is 1. The number of piperidine rings is 1. The van der Waals surface area contributed by atoms with Gasteiger partial charge >= 0.3 is 0 Å². The van der Waals surface area contributed by atoms with E-state index >= 15 is 0 Å². The first-order valence-electron chi connectivity index (χ1n) is 10.5. The average Bonchev–Trinajstić information content (AvgIpc) is 3.22. The summed E-state index contributed by atoms with van der Waals surface area (Å²) >= 11 is 0. The number of benzene rings is 2. The molecule has 0 aliphatic carbocycles. The van der Waals surface area contributed by atoms with Crippen LogP contribution in [-0.4, -0.2) is 34.0 Å². The van der Waals surface area contributed by atoms with E-state index in [0.717, 1.165) is 41.6 Å². The molecule has 166 valence electrons. The van der Waals surface area contributed by atoms with Crippen LogP contribution in [0.25, 0.3) is 11.8 Å². The van der Waals surface area contributed by atoms with E-state index in [1.165, 1.54) is 0 Å². The summed E-state index contributed by atoms with van der Waals surface area (Å²) in [6, 6.07) is 8.48. The van der Waals surface area contributed by atoms with Crippen LogP contribution in [0.5, 0.6) is 5.75 Å². The molecule has 0 N–H and O–H groups in total. The lowest BCUT2D eigenvalue weighted by molar-refractivity contribution is -0.130. The minimum atomic E-state index is -0.566. The monoisotopic (exact) mass is 437 g/mol. The van der Waals surface area contributed by atoms with Crippen LogP contribution < -0.4 is 4.74 Å². The SMILES string of the molecule is COc1cc(/C=C2\CCCN([C@@H](C)c3cc(F)ccc3F)C2=O)ccc1-n1cnc(C)c1. The molecule has 0 spiro atoms. The Bertz CT molecular complexity index is 1190. The molecule has 5 nitrogen and oxygen atoms in total. The van der Waals surface area contributed by atoms with E-state index in [1.807, 2.05) is 42.0 Å². The number of ether oxygens (including phenoxy) is 1. The van der Waals surface area contributed by atoms with E-state index in [-0.39, 0.29) is 11.5 Å². The Hall–Kier alpha value is -3.48. The molecule has 1 aliphatic rings. The molecule has 2 heterocycles. The number of aromatic nitrogens is 2. The molecule has 32 heavy (non-hydrogen) atoms. The van der Waals surface area contributed by atoms with Gasteiger partial charge in [0.25, 0.3) is 0 Å². The molecule has 1 aromatic heterocycles. The second-order valence-electron chi connectivity index (χ2n) is 7.97. The molecule has 2 aromatic carbocycles. The van der Waals surface area contributed by atoms with Gasteiger partial charge < -0.3 is 14.2 Å². The third-order valence-corrected chi connectivity index (χ3v) is 5.79. The fourth-order valence-electron chi connectivity index (χ4n) is 4.09. The van der Waals surface area contributed by atoms with E-state index in [0.29, 0.717) is 24.3 Å². The molecule has 1 aliphatic heterocycles. The molecule has 0 saturated carbocycles. The maximum Gasteiger partial charge on any atom is 0.250 e. The smallest absolute Gasteiger partial charge is 0.250 e. The van der Waals surface area contributed by atoms with Crippen molar-refractivity contribution in [1.82, 2.24) is 14.5 Å². The predicted octanol–water partition coefficient (Wildman–Crippen LogP) is 5.23. The maximum absolute atomic E-state index is 14.3. The van der Waals surface area contributed by atoms with Crippen molar-refractivity contribution >= 4 is 12.0 Å². The third kappa shape index (κ3) is 4.28. The molecule has 0 radical (unpaired) electrons. The second-order valence-corrected chi connectivity index (χ2v) is 7.97. The van der Waals surface area contributed by atoms with Crippen molar-refractivity contribution in [2.24, 2.45) is 0 Å². The van der Waals surface area contributed by atoms with Gasteiger partial charge in [-0.05, 0) is 68.7 Å². The topological polar surface area (TPSA) is 47.4 Å². The maximum atomic E-state index is 14.3. The summed E-state index contributed by atoms with van der Waals surface area (Å²) in [7, 11) is 1.60. The normalized spacial score (nSPS) is 16.5. The Morgan fingerprint density at radius 3 is 2.72 bits per heavy atom. The molecule has 3 aromatic rings. The molecule has 0 bridgehead atoms. The summed E-state index contributed by atoms with van der Waals surface area (Å²) < 4.78 is 35.4. The van der Waals surface area contributed by atoms with Crippen LogP contribution in [-0.2, 0) is 4.79 Å². The molecule has 4 rings (SSSR count). The third-order valence-electron chi connectivity index (χ3n) is 5.79. The number of halogens is 2. The average molecular weight is 437 g/mol. The highest BCUT2D eigenvalue weighted by Crippen LogP contribution is 2.31. The molecule has 1 atom stereocenters. The fourth-order valence-corrected chi connectivity index (χ4v) is 4.09. The molecule has 1 amide bonds. The van der Waals surface area contributed by atoms with Gasteiger partial charge in [-0.3, -0.25) is 4.79 Å². The van der Waals surface area contributed by atoms with Gasteiger partial charge in [0.15, 0.2) is 0 Å². The first-order valence-corrected chi connectivity index (χ1v) is 10.5. The molecule has 1 fully saturated rings. The summed E-state index contributed by atoms with van der Waals surface area (Å²) in [5.74, 6) is -0.542. The number of rotatable bonds is 5. The molecular formula is C25H25F2N3O2. The Labute approximate surface area is 186 Å². The lowest BCUT2D eigenvalue weighted by Crippen LogP contribution is -2.39. The van der Waals surface area contributed by atoms with Crippen molar-refractivity contribution in [3.63, 3.8) is 0 Å². The zero-order valence-electron chi connectivity index (χ0n) is 18.3. The predicted molar refractivity (Wildman–Crippen MR) is 119 cm³/mol. The first kappa shape index (κ1) is 21.7. The highest BCUT2D eigenvalue weighted by molar-refractivity contribution is 5.98. The van der Waals surface area contributed by atoms with E-state index in [2.05, 4.69) is 4.98 Å². The Morgan fingerprint density at radius 1 is 1.19 bits per heavy atom. The Morgan fingerprint density at radius 2 is 2.00 bits per heavy atom. The Balaban J connectivity index is 1.61. The van der Waals surface area contributed by atoms with Crippen LogP contribution in [0.3, 0.4) is 0 Å². The summed E-state index contributed by atoms with van der Waals surface area (Å²) in [4.78, 5) is 19.0.